The van der Waals surface area contributed by atoms with E-state index in [2.05, 4.69) is 10.3 Å². The minimum absolute atomic E-state index is 0.0616. The summed E-state index contributed by atoms with van der Waals surface area (Å²) in [6.45, 7) is 4.41. The van der Waals surface area contributed by atoms with Gasteiger partial charge in [-0.1, -0.05) is 0 Å². The van der Waals surface area contributed by atoms with Crippen LogP contribution in [-0.2, 0) is 13.6 Å². The van der Waals surface area contributed by atoms with E-state index in [1.54, 1.807) is 11.3 Å². The number of thiazole rings is 1. The number of hydrogen-bond donors (Lipinski definition) is 1. The van der Waals surface area contributed by atoms with Crippen molar-refractivity contribution in [3.8, 4) is 0 Å². The summed E-state index contributed by atoms with van der Waals surface area (Å²) in [4.78, 5) is 16.2. The van der Waals surface area contributed by atoms with Crippen molar-refractivity contribution in [2.75, 3.05) is 0 Å². The highest BCUT2D eigenvalue weighted by Crippen LogP contribution is 2.09. The number of aromatic nitrogens is 2. The number of rotatable bonds is 3. The third-order valence-electron chi connectivity index (χ3n) is 2.67. The van der Waals surface area contributed by atoms with Crippen molar-refractivity contribution in [2.45, 2.75) is 20.4 Å². The summed E-state index contributed by atoms with van der Waals surface area (Å²) >= 11 is 1.56. The van der Waals surface area contributed by atoms with E-state index < -0.39 is 0 Å². The molecular formula is C12H15N3OS. The van der Waals surface area contributed by atoms with Gasteiger partial charge in [-0.25, -0.2) is 4.98 Å². The first-order chi connectivity index (χ1) is 8.08. The van der Waals surface area contributed by atoms with Gasteiger partial charge in [0.15, 0.2) is 0 Å². The topological polar surface area (TPSA) is 46.9 Å². The minimum atomic E-state index is -0.0616. The molecule has 0 unspecified atom stereocenters. The maximum absolute atomic E-state index is 11.9. The van der Waals surface area contributed by atoms with Gasteiger partial charge in [-0.15, -0.1) is 11.3 Å². The standard InChI is InChI=1S/C12H15N3OS/c1-8-7-17-11(14-8)6-13-12(16)10-5-4-9(2)15(10)3/h4-5,7H,6H2,1-3H3,(H,13,16). The molecule has 0 aliphatic carbocycles. The summed E-state index contributed by atoms with van der Waals surface area (Å²) < 4.78 is 1.88. The molecule has 0 bridgehead atoms. The molecule has 2 aromatic rings. The number of nitrogens with zero attached hydrogens (tertiary/aromatic N) is 2. The fourth-order valence-electron chi connectivity index (χ4n) is 1.57. The van der Waals surface area contributed by atoms with Crippen molar-refractivity contribution >= 4 is 17.2 Å². The second-order valence-corrected chi connectivity index (χ2v) is 4.93. The lowest BCUT2D eigenvalue weighted by atomic mass is 10.4. The summed E-state index contributed by atoms with van der Waals surface area (Å²) in [6.07, 6.45) is 0. The molecule has 0 atom stereocenters. The summed E-state index contributed by atoms with van der Waals surface area (Å²) in [5.74, 6) is -0.0616. The Morgan fingerprint density at radius 3 is 2.76 bits per heavy atom. The van der Waals surface area contributed by atoms with Crippen molar-refractivity contribution in [3.05, 3.63) is 39.6 Å². The molecule has 1 amide bonds. The normalized spacial score (nSPS) is 10.5. The zero-order chi connectivity index (χ0) is 12.4. The van der Waals surface area contributed by atoms with Gasteiger partial charge in [-0.2, -0.15) is 0 Å². The van der Waals surface area contributed by atoms with Gasteiger partial charge in [0.05, 0.1) is 6.54 Å². The van der Waals surface area contributed by atoms with Crippen LogP contribution in [-0.4, -0.2) is 15.5 Å². The third-order valence-corrected chi connectivity index (χ3v) is 3.64. The molecule has 1 N–H and O–H groups in total. The Bertz CT molecular complexity index is 542. The zero-order valence-corrected chi connectivity index (χ0v) is 11.0. The van der Waals surface area contributed by atoms with E-state index in [9.17, 15) is 4.79 Å². The first-order valence-electron chi connectivity index (χ1n) is 5.39. The van der Waals surface area contributed by atoms with E-state index in [0.717, 1.165) is 16.4 Å². The van der Waals surface area contributed by atoms with Crippen LogP contribution < -0.4 is 5.32 Å². The van der Waals surface area contributed by atoms with Crippen LogP contribution in [0.4, 0.5) is 0 Å². The maximum atomic E-state index is 11.9. The average Bonchev–Trinajstić information content (AvgIpc) is 2.84. The first-order valence-corrected chi connectivity index (χ1v) is 6.27. The second-order valence-electron chi connectivity index (χ2n) is 3.98. The van der Waals surface area contributed by atoms with Gasteiger partial charge in [0.1, 0.15) is 10.7 Å². The Hall–Kier alpha value is -1.62. The fraction of sp³-hybridized carbons (Fsp3) is 0.333. The van der Waals surface area contributed by atoms with Crippen molar-refractivity contribution in [1.82, 2.24) is 14.9 Å². The molecule has 4 nitrogen and oxygen atoms in total. The Morgan fingerprint density at radius 2 is 2.24 bits per heavy atom. The molecule has 0 radical (unpaired) electrons. The number of carbonyl (C=O) groups is 1. The van der Waals surface area contributed by atoms with E-state index in [1.165, 1.54) is 0 Å². The highest BCUT2D eigenvalue weighted by molar-refractivity contribution is 7.09. The molecule has 2 heterocycles. The van der Waals surface area contributed by atoms with Crippen LogP contribution in [0.3, 0.4) is 0 Å². The number of carbonyl (C=O) groups excluding carboxylic acids is 1. The second kappa shape index (κ2) is 4.71. The van der Waals surface area contributed by atoms with Crippen molar-refractivity contribution in [2.24, 2.45) is 7.05 Å². The lowest BCUT2D eigenvalue weighted by molar-refractivity contribution is 0.0942. The predicted octanol–water partition coefficient (Wildman–Crippen LogP) is 2.03. The van der Waals surface area contributed by atoms with Gasteiger partial charge in [-0.3, -0.25) is 4.79 Å². The lowest BCUT2D eigenvalue weighted by Gasteiger charge is -2.05. The SMILES string of the molecule is Cc1csc(CNC(=O)c2ccc(C)n2C)n1. The molecule has 0 saturated carbocycles. The van der Waals surface area contributed by atoms with Crippen LogP contribution in [0.25, 0.3) is 0 Å². The summed E-state index contributed by atoms with van der Waals surface area (Å²) in [6, 6.07) is 3.76. The van der Waals surface area contributed by atoms with Crippen LogP contribution in [0.2, 0.25) is 0 Å². The van der Waals surface area contributed by atoms with Gasteiger partial charge in [0.2, 0.25) is 0 Å². The number of aryl methyl sites for hydroxylation is 2. The molecule has 0 aromatic carbocycles. The Kier molecular flexibility index (Phi) is 3.28. The minimum Gasteiger partial charge on any atom is -0.344 e. The Labute approximate surface area is 104 Å². The summed E-state index contributed by atoms with van der Waals surface area (Å²) in [5, 5.41) is 5.78. The molecule has 2 rings (SSSR count). The average molecular weight is 249 g/mol. The summed E-state index contributed by atoms with van der Waals surface area (Å²) in [7, 11) is 1.89. The predicted molar refractivity (Wildman–Crippen MR) is 68.2 cm³/mol. The molecule has 0 aliphatic rings. The molecular weight excluding hydrogens is 234 g/mol. The first kappa shape index (κ1) is 11.9. The van der Waals surface area contributed by atoms with E-state index in [0.29, 0.717) is 12.2 Å². The molecule has 0 aliphatic heterocycles. The van der Waals surface area contributed by atoms with Crippen LogP contribution in [0, 0.1) is 13.8 Å². The van der Waals surface area contributed by atoms with E-state index in [4.69, 9.17) is 0 Å². The van der Waals surface area contributed by atoms with Crippen molar-refractivity contribution < 1.29 is 4.79 Å². The van der Waals surface area contributed by atoms with Gasteiger partial charge in [-0.05, 0) is 26.0 Å². The van der Waals surface area contributed by atoms with Crippen LogP contribution >= 0.6 is 11.3 Å². The van der Waals surface area contributed by atoms with Crippen LogP contribution in [0.15, 0.2) is 17.5 Å². The molecule has 90 valence electrons. The number of hydrogen-bond acceptors (Lipinski definition) is 3. The molecule has 0 spiro atoms. The van der Waals surface area contributed by atoms with Gasteiger partial charge in [0.25, 0.3) is 5.91 Å². The van der Waals surface area contributed by atoms with E-state index in [1.807, 2.05) is 43.0 Å². The zero-order valence-electron chi connectivity index (χ0n) is 10.2. The fourth-order valence-corrected chi connectivity index (χ4v) is 2.28. The largest absolute Gasteiger partial charge is 0.344 e. The third kappa shape index (κ3) is 2.55. The Balaban J connectivity index is 2.00. The quantitative estimate of drug-likeness (QED) is 0.904. The van der Waals surface area contributed by atoms with Gasteiger partial charge >= 0.3 is 0 Å². The molecule has 5 heteroatoms. The van der Waals surface area contributed by atoms with Crippen molar-refractivity contribution in [3.63, 3.8) is 0 Å². The highest BCUT2D eigenvalue weighted by atomic mass is 32.1. The van der Waals surface area contributed by atoms with Crippen LogP contribution in [0.1, 0.15) is 26.9 Å². The van der Waals surface area contributed by atoms with E-state index >= 15 is 0 Å². The number of amides is 1. The van der Waals surface area contributed by atoms with Crippen LogP contribution in [0.5, 0.6) is 0 Å². The summed E-state index contributed by atoms with van der Waals surface area (Å²) in [5.41, 5.74) is 2.74. The molecule has 2 aromatic heterocycles. The van der Waals surface area contributed by atoms with Crippen molar-refractivity contribution in [1.29, 1.82) is 0 Å². The maximum Gasteiger partial charge on any atom is 0.268 e. The number of nitrogens with one attached hydrogen (secondary N) is 1. The van der Waals surface area contributed by atoms with E-state index in [-0.39, 0.29) is 5.91 Å². The smallest absolute Gasteiger partial charge is 0.268 e. The lowest BCUT2D eigenvalue weighted by Crippen LogP contribution is -2.25. The van der Waals surface area contributed by atoms with Gasteiger partial charge < -0.3 is 9.88 Å². The van der Waals surface area contributed by atoms with Gasteiger partial charge in [0, 0.05) is 23.8 Å². The monoisotopic (exact) mass is 249 g/mol. The Morgan fingerprint density at radius 1 is 1.47 bits per heavy atom. The molecule has 0 fully saturated rings. The highest BCUT2D eigenvalue weighted by Gasteiger charge is 2.10. The molecule has 17 heavy (non-hydrogen) atoms. The molecule has 0 saturated heterocycles.